The Morgan fingerprint density at radius 2 is 1.94 bits per heavy atom. The number of methoxy groups -OCH3 is 1. The molecule has 3 nitrogen and oxygen atoms in total. The second-order valence-corrected chi connectivity index (χ2v) is 6.35. The fraction of sp³-hybridized carbons (Fsp3) is 1.00. The molecule has 1 aliphatic rings. The van der Waals surface area contributed by atoms with Crippen LogP contribution in [0.15, 0.2) is 0 Å². The molecule has 1 aliphatic carbocycles. The van der Waals surface area contributed by atoms with Gasteiger partial charge < -0.3 is 15.6 Å². The lowest BCUT2D eigenvalue weighted by Crippen LogP contribution is -2.59. The topological polar surface area (TPSA) is 55.5 Å². The minimum Gasteiger partial charge on any atom is -0.387 e. The molecule has 0 saturated heterocycles. The van der Waals surface area contributed by atoms with Crippen molar-refractivity contribution in [3.05, 3.63) is 0 Å². The van der Waals surface area contributed by atoms with Crippen molar-refractivity contribution in [2.24, 2.45) is 23.0 Å². The molecular weight excluding hydrogens is 226 g/mol. The van der Waals surface area contributed by atoms with E-state index < -0.39 is 5.60 Å². The van der Waals surface area contributed by atoms with Gasteiger partial charge in [-0.3, -0.25) is 0 Å². The molecule has 1 unspecified atom stereocenters. The van der Waals surface area contributed by atoms with Gasteiger partial charge in [0.15, 0.2) is 0 Å². The molecule has 0 aromatic rings. The fourth-order valence-corrected chi connectivity index (χ4v) is 3.60. The Bertz CT molecular complexity index is 247. The minimum absolute atomic E-state index is 0.164. The Labute approximate surface area is 112 Å². The second-order valence-electron chi connectivity index (χ2n) is 6.35. The van der Waals surface area contributed by atoms with Gasteiger partial charge >= 0.3 is 0 Å². The van der Waals surface area contributed by atoms with Crippen LogP contribution in [0.3, 0.4) is 0 Å². The summed E-state index contributed by atoms with van der Waals surface area (Å²) >= 11 is 0. The van der Waals surface area contributed by atoms with E-state index in [1.165, 1.54) is 19.3 Å². The normalized spacial score (nSPS) is 32.5. The predicted octanol–water partition coefficient (Wildman–Crippen LogP) is 2.57. The summed E-state index contributed by atoms with van der Waals surface area (Å²) < 4.78 is 5.30. The average molecular weight is 257 g/mol. The van der Waals surface area contributed by atoms with Gasteiger partial charge in [-0.2, -0.15) is 0 Å². The summed E-state index contributed by atoms with van der Waals surface area (Å²) in [6.45, 7) is 7.34. The Kier molecular flexibility index (Phi) is 5.63. The SMILES string of the molecule is CCC1CCC(CN)(C(O)(COC)C(C)C)CC1. The van der Waals surface area contributed by atoms with Crippen LogP contribution in [-0.2, 0) is 4.74 Å². The molecule has 1 rings (SSSR count). The molecule has 0 radical (unpaired) electrons. The van der Waals surface area contributed by atoms with Gasteiger partial charge in [-0.15, -0.1) is 0 Å². The molecule has 1 atom stereocenters. The molecule has 3 heteroatoms. The van der Waals surface area contributed by atoms with Crippen molar-refractivity contribution in [2.75, 3.05) is 20.3 Å². The molecular formula is C15H31NO2. The highest BCUT2D eigenvalue weighted by Crippen LogP contribution is 2.49. The van der Waals surface area contributed by atoms with Crippen LogP contribution in [0, 0.1) is 17.3 Å². The Morgan fingerprint density at radius 1 is 1.39 bits per heavy atom. The van der Waals surface area contributed by atoms with Gasteiger partial charge in [0.2, 0.25) is 0 Å². The van der Waals surface area contributed by atoms with Gasteiger partial charge in [0.1, 0.15) is 0 Å². The number of aliphatic hydroxyl groups is 1. The van der Waals surface area contributed by atoms with E-state index in [9.17, 15) is 5.11 Å². The zero-order valence-corrected chi connectivity index (χ0v) is 12.5. The van der Waals surface area contributed by atoms with Gasteiger partial charge in [0, 0.05) is 19.1 Å². The van der Waals surface area contributed by atoms with E-state index in [1.54, 1.807) is 7.11 Å². The number of hydrogen-bond donors (Lipinski definition) is 2. The smallest absolute Gasteiger partial charge is 0.0970 e. The lowest BCUT2D eigenvalue weighted by molar-refractivity contribution is -0.166. The van der Waals surface area contributed by atoms with Gasteiger partial charge in [0.05, 0.1) is 12.2 Å². The first-order chi connectivity index (χ1) is 8.45. The van der Waals surface area contributed by atoms with Crippen LogP contribution in [0.1, 0.15) is 52.9 Å². The molecule has 0 aliphatic heterocycles. The van der Waals surface area contributed by atoms with E-state index in [1.807, 2.05) is 0 Å². The zero-order chi connectivity index (χ0) is 13.8. The molecule has 0 bridgehead atoms. The summed E-state index contributed by atoms with van der Waals surface area (Å²) in [7, 11) is 1.66. The van der Waals surface area contributed by atoms with Gasteiger partial charge in [-0.25, -0.2) is 0 Å². The van der Waals surface area contributed by atoms with Crippen LogP contribution in [-0.4, -0.2) is 31.0 Å². The highest BCUT2D eigenvalue weighted by atomic mass is 16.5. The molecule has 0 amide bonds. The Balaban J connectivity index is 2.92. The Morgan fingerprint density at radius 3 is 2.28 bits per heavy atom. The van der Waals surface area contributed by atoms with E-state index in [-0.39, 0.29) is 11.3 Å². The second kappa shape index (κ2) is 6.36. The molecule has 1 fully saturated rings. The fourth-order valence-electron chi connectivity index (χ4n) is 3.60. The quantitative estimate of drug-likeness (QED) is 0.769. The zero-order valence-electron chi connectivity index (χ0n) is 12.5. The first-order valence-electron chi connectivity index (χ1n) is 7.37. The summed E-state index contributed by atoms with van der Waals surface area (Å²) in [5, 5.41) is 11.1. The number of hydrogen-bond acceptors (Lipinski definition) is 3. The largest absolute Gasteiger partial charge is 0.387 e. The highest BCUT2D eigenvalue weighted by molar-refractivity contribution is 5.03. The first kappa shape index (κ1) is 15.9. The lowest BCUT2D eigenvalue weighted by Gasteiger charge is -2.52. The molecule has 3 N–H and O–H groups in total. The van der Waals surface area contributed by atoms with Crippen LogP contribution in [0.2, 0.25) is 0 Å². The maximum absolute atomic E-state index is 11.1. The van der Waals surface area contributed by atoms with Crippen molar-refractivity contribution < 1.29 is 9.84 Å². The van der Waals surface area contributed by atoms with Crippen LogP contribution in [0.5, 0.6) is 0 Å². The van der Waals surface area contributed by atoms with Crippen molar-refractivity contribution in [1.29, 1.82) is 0 Å². The summed E-state index contributed by atoms with van der Waals surface area (Å²) in [6.07, 6.45) is 5.67. The molecule has 0 aromatic carbocycles. The molecule has 0 aromatic heterocycles. The third kappa shape index (κ3) is 2.73. The monoisotopic (exact) mass is 257 g/mol. The van der Waals surface area contributed by atoms with Crippen molar-refractivity contribution in [1.82, 2.24) is 0 Å². The average Bonchev–Trinajstić information content (AvgIpc) is 2.38. The number of rotatable bonds is 6. The van der Waals surface area contributed by atoms with Crippen molar-refractivity contribution in [2.45, 2.75) is 58.5 Å². The van der Waals surface area contributed by atoms with Crippen LogP contribution < -0.4 is 5.73 Å². The van der Waals surface area contributed by atoms with Crippen LogP contribution in [0.4, 0.5) is 0 Å². The third-order valence-electron chi connectivity index (χ3n) is 5.27. The summed E-state index contributed by atoms with van der Waals surface area (Å²) in [6, 6.07) is 0. The van der Waals surface area contributed by atoms with Crippen molar-refractivity contribution in [3.8, 4) is 0 Å². The summed E-state index contributed by atoms with van der Waals surface area (Å²) in [4.78, 5) is 0. The lowest BCUT2D eigenvalue weighted by atomic mass is 9.58. The van der Waals surface area contributed by atoms with Gasteiger partial charge in [-0.1, -0.05) is 27.2 Å². The molecule has 108 valence electrons. The molecule has 0 spiro atoms. The summed E-state index contributed by atoms with van der Waals surface area (Å²) in [5.74, 6) is 0.975. The molecule has 18 heavy (non-hydrogen) atoms. The highest BCUT2D eigenvalue weighted by Gasteiger charge is 2.52. The van der Waals surface area contributed by atoms with E-state index in [0.29, 0.717) is 13.2 Å². The molecule has 0 heterocycles. The Hall–Kier alpha value is -0.120. The number of nitrogens with two attached hydrogens (primary N) is 1. The van der Waals surface area contributed by atoms with Gasteiger partial charge in [0.25, 0.3) is 0 Å². The van der Waals surface area contributed by atoms with Crippen molar-refractivity contribution >= 4 is 0 Å². The minimum atomic E-state index is -0.796. The standard InChI is InChI=1S/C15H31NO2/c1-5-13-6-8-14(10-16,9-7-13)15(17,11-18-4)12(2)3/h12-13,17H,5-11,16H2,1-4H3. The van der Waals surface area contributed by atoms with E-state index in [4.69, 9.17) is 10.5 Å². The first-order valence-corrected chi connectivity index (χ1v) is 7.37. The van der Waals surface area contributed by atoms with E-state index in [2.05, 4.69) is 20.8 Å². The van der Waals surface area contributed by atoms with Gasteiger partial charge in [-0.05, 0) is 37.5 Å². The third-order valence-corrected chi connectivity index (χ3v) is 5.27. The maximum Gasteiger partial charge on any atom is 0.0970 e. The van der Waals surface area contributed by atoms with Crippen molar-refractivity contribution in [3.63, 3.8) is 0 Å². The summed E-state index contributed by atoms with van der Waals surface area (Å²) in [5.41, 5.74) is 5.10. The van der Waals surface area contributed by atoms with E-state index in [0.717, 1.165) is 18.8 Å². The van der Waals surface area contributed by atoms with Crippen LogP contribution >= 0.6 is 0 Å². The number of ether oxygens (including phenoxy) is 1. The predicted molar refractivity (Wildman–Crippen MR) is 75.4 cm³/mol. The maximum atomic E-state index is 11.1. The molecule has 1 saturated carbocycles. The van der Waals surface area contributed by atoms with E-state index >= 15 is 0 Å². The van der Waals surface area contributed by atoms with Crippen LogP contribution in [0.25, 0.3) is 0 Å².